The molecule has 1 amide bonds. The number of halogens is 3. The van der Waals surface area contributed by atoms with Crippen LogP contribution in [0.15, 0.2) is 82.2 Å². The summed E-state index contributed by atoms with van der Waals surface area (Å²) in [6.07, 6.45) is -4.61. The molecule has 4 aromatic rings. The number of pyridine rings is 1. The van der Waals surface area contributed by atoms with Crippen LogP contribution in [0, 0.1) is 6.92 Å². The summed E-state index contributed by atoms with van der Waals surface area (Å²) in [4.78, 5) is 21.3. The maximum absolute atomic E-state index is 13.4. The summed E-state index contributed by atoms with van der Waals surface area (Å²) in [7, 11) is 0. The van der Waals surface area contributed by atoms with Gasteiger partial charge in [0.15, 0.2) is 0 Å². The van der Waals surface area contributed by atoms with Gasteiger partial charge in [0.25, 0.3) is 5.91 Å². The fourth-order valence-electron chi connectivity index (χ4n) is 3.03. The number of benzene rings is 2. The number of para-hydroxylation sites is 2. The molecule has 0 atom stereocenters. The van der Waals surface area contributed by atoms with Crippen LogP contribution >= 0.6 is 0 Å². The first-order chi connectivity index (χ1) is 14.8. The molecule has 8 heteroatoms. The summed E-state index contributed by atoms with van der Waals surface area (Å²) in [6, 6.07) is 18.4. The Kier molecular flexibility index (Phi) is 5.29. The highest BCUT2D eigenvalue weighted by molar-refractivity contribution is 6.04. The number of aromatic nitrogens is 1. The first-order valence-corrected chi connectivity index (χ1v) is 9.30. The minimum Gasteiger partial charge on any atom is -0.438 e. The molecule has 2 aromatic heterocycles. The van der Waals surface area contributed by atoms with E-state index in [0.717, 1.165) is 6.07 Å². The number of amides is 1. The Bertz CT molecular complexity index is 1340. The molecule has 0 aliphatic carbocycles. The van der Waals surface area contributed by atoms with Gasteiger partial charge in [-0.3, -0.25) is 4.79 Å². The van der Waals surface area contributed by atoms with Crippen molar-refractivity contribution in [2.75, 3.05) is 5.32 Å². The molecule has 0 saturated carbocycles. The van der Waals surface area contributed by atoms with E-state index in [1.54, 1.807) is 49.4 Å². The van der Waals surface area contributed by atoms with E-state index in [2.05, 4.69) is 15.3 Å². The van der Waals surface area contributed by atoms with E-state index >= 15 is 0 Å². The van der Waals surface area contributed by atoms with E-state index in [9.17, 15) is 18.0 Å². The highest BCUT2D eigenvalue weighted by Gasteiger charge is 2.33. The third kappa shape index (κ3) is 4.48. The topological polar surface area (TPSA) is 67.5 Å². The number of hydrogen-bond donors (Lipinski definition) is 1. The average molecular weight is 423 g/mol. The van der Waals surface area contributed by atoms with Crippen molar-refractivity contribution in [3.05, 3.63) is 95.2 Å². The fraction of sp³-hybridized carbons (Fsp3) is 0.0870. The SMILES string of the molecule is Cc1cccc(NC(=O)c2cc3ccccc3oc2=Nc2ccccc2C(F)(F)F)n1. The first-order valence-electron chi connectivity index (χ1n) is 9.30. The molecule has 0 saturated heterocycles. The molecule has 0 aliphatic rings. The van der Waals surface area contributed by atoms with Gasteiger partial charge in [0.05, 0.1) is 11.3 Å². The normalized spacial score (nSPS) is 12.2. The summed E-state index contributed by atoms with van der Waals surface area (Å²) >= 11 is 0. The van der Waals surface area contributed by atoms with Gasteiger partial charge in [-0.05, 0) is 43.3 Å². The van der Waals surface area contributed by atoms with Crippen molar-refractivity contribution in [3.8, 4) is 0 Å². The molecular formula is C23H16F3N3O2. The Hall–Kier alpha value is -3.94. The molecule has 0 radical (unpaired) electrons. The lowest BCUT2D eigenvalue weighted by Gasteiger charge is -2.10. The number of carbonyl (C=O) groups excluding carboxylic acids is 1. The van der Waals surface area contributed by atoms with Crippen LogP contribution in [-0.2, 0) is 6.18 Å². The monoisotopic (exact) mass is 423 g/mol. The van der Waals surface area contributed by atoms with Crippen molar-refractivity contribution < 1.29 is 22.4 Å². The summed E-state index contributed by atoms with van der Waals surface area (Å²) in [5.74, 6) is -0.296. The van der Waals surface area contributed by atoms with Gasteiger partial charge in [-0.1, -0.05) is 36.4 Å². The van der Waals surface area contributed by atoms with Gasteiger partial charge in [-0.25, -0.2) is 9.98 Å². The van der Waals surface area contributed by atoms with Crippen LogP contribution in [0.1, 0.15) is 21.6 Å². The Morgan fingerprint density at radius 2 is 1.74 bits per heavy atom. The number of anilines is 1. The lowest BCUT2D eigenvalue weighted by Crippen LogP contribution is -2.22. The molecule has 2 heterocycles. The number of fused-ring (bicyclic) bond motifs is 1. The molecular weight excluding hydrogens is 407 g/mol. The number of nitrogens with one attached hydrogen (secondary N) is 1. The van der Waals surface area contributed by atoms with E-state index in [1.807, 2.05) is 0 Å². The van der Waals surface area contributed by atoms with Crippen molar-refractivity contribution in [1.82, 2.24) is 4.98 Å². The number of alkyl halides is 3. The van der Waals surface area contributed by atoms with Gasteiger partial charge in [-0.2, -0.15) is 13.2 Å². The average Bonchev–Trinajstić information content (AvgIpc) is 2.73. The van der Waals surface area contributed by atoms with E-state index < -0.39 is 17.6 Å². The Morgan fingerprint density at radius 3 is 2.52 bits per heavy atom. The molecule has 0 spiro atoms. The number of rotatable bonds is 3. The molecule has 1 N–H and O–H groups in total. The van der Waals surface area contributed by atoms with Crippen molar-refractivity contribution in [2.45, 2.75) is 13.1 Å². The second kappa shape index (κ2) is 8.06. The molecule has 2 aromatic carbocycles. The van der Waals surface area contributed by atoms with Crippen LogP contribution in [0.2, 0.25) is 0 Å². The van der Waals surface area contributed by atoms with E-state index in [4.69, 9.17) is 4.42 Å². The molecule has 0 unspecified atom stereocenters. The number of carbonyl (C=O) groups is 1. The van der Waals surface area contributed by atoms with Gasteiger partial charge in [-0.15, -0.1) is 0 Å². The van der Waals surface area contributed by atoms with Crippen LogP contribution in [0.3, 0.4) is 0 Å². The van der Waals surface area contributed by atoms with Crippen molar-refractivity contribution >= 4 is 28.4 Å². The standard InChI is InChI=1S/C23H16F3N3O2/c1-14-7-6-12-20(27-14)29-21(30)16-13-15-8-2-5-11-19(15)31-22(16)28-18-10-4-3-9-17(18)23(24,25)26/h2-13H,1H3,(H,27,29,30). The van der Waals surface area contributed by atoms with Crippen LogP contribution in [0.4, 0.5) is 24.7 Å². The van der Waals surface area contributed by atoms with Crippen molar-refractivity contribution in [3.63, 3.8) is 0 Å². The molecule has 0 aliphatic heterocycles. The lowest BCUT2D eigenvalue weighted by molar-refractivity contribution is -0.137. The summed E-state index contributed by atoms with van der Waals surface area (Å²) in [5.41, 5.74) is -0.442. The summed E-state index contributed by atoms with van der Waals surface area (Å²) in [5, 5.41) is 3.25. The maximum Gasteiger partial charge on any atom is 0.418 e. The predicted molar refractivity (Wildman–Crippen MR) is 110 cm³/mol. The maximum atomic E-state index is 13.4. The lowest BCUT2D eigenvalue weighted by atomic mass is 10.1. The van der Waals surface area contributed by atoms with Gasteiger partial charge in [0, 0.05) is 11.1 Å². The van der Waals surface area contributed by atoms with E-state index in [1.165, 1.54) is 24.3 Å². The molecule has 156 valence electrons. The van der Waals surface area contributed by atoms with Gasteiger partial charge in [0.2, 0.25) is 5.55 Å². The van der Waals surface area contributed by atoms with Gasteiger partial charge in [0.1, 0.15) is 17.0 Å². The van der Waals surface area contributed by atoms with Crippen molar-refractivity contribution in [2.24, 2.45) is 4.99 Å². The Balaban J connectivity index is 1.89. The number of aryl methyl sites for hydroxylation is 1. The molecule has 5 nitrogen and oxygen atoms in total. The first kappa shape index (κ1) is 20.3. The molecule has 0 bridgehead atoms. The van der Waals surface area contributed by atoms with Crippen LogP contribution in [0.5, 0.6) is 0 Å². The summed E-state index contributed by atoms with van der Waals surface area (Å²) in [6.45, 7) is 1.77. The predicted octanol–water partition coefficient (Wildman–Crippen LogP) is 5.64. The van der Waals surface area contributed by atoms with E-state index in [-0.39, 0.29) is 16.8 Å². The zero-order valence-corrected chi connectivity index (χ0v) is 16.3. The second-order valence-corrected chi connectivity index (χ2v) is 6.75. The third-order valence-corrected chi connectivity index (χ3v) is 4.46. The van der Waals surface area contributed by atoms with Crippen LogP contribution < -0.4 is 10.9 Å². The minimum absolute atomic E-state index is 0.0148. The molecule has 4 rings (SSSR count). The quantitative estimate of drug-likeness (QED) is 0.464. The second-order valence-electron chi connectivity index (χ2n) is 6.75. The Labute approximate surface area is 174 Å². The number of nitrogens with zero attached hydrogens (tertiary/aromatic N) is 2. The smallest absolute Gasteiger partial charge is 0.418 e. The zero-order chi connectivity index (χ0) is 22.0. The highest BCUT2D eigenvalue weighted by atomic mass is 19.4. The Morgan fingerprint density at radius 1 is 1.00 bits per heavy atom. The third-order valence-electron chi connectivity index (χ3n) is 4.46. The van der Waals surface area contributed by atoms with Crippen LogP contribution in [-0.4, -0.2) is 10.9 Å². The highest BCUT2D eigenvalue weighted by Crippen LogP contribution is 2.35. The van der Waals surface area contributed by atoms with Gasteiger partial charge >= 0.3 is 6.18 Å². The van der Waals surface area contributed by atoms with Crippen LogP contribution in [0.25, 0.3) is 11.0 Å². The molecule has 31 heavy (non-hydrogen) atoms. The zero-order valence-electron chi connectivity index (χ0n) is 16.3. The summed E-state index contributed by atoms with van der Waals surface area (Å²) < 4.78 is 46.0. The molecule has 0 fully saturated rings. The van der Waals surface area contributed by atoms with E-state index in [0.29, 0.717) is 22.5 Å². The fourth-order valence-corrected chi connectivity index (χ4v) is 3.03. The van der Waals surface area contributed by atoms with Crippen molar-refractivity contribution in [1.29, 1.82) is 0 Å². The minimum atomic E-state index is -4.61. The largest absolute Gasteiger partial charge is 0.438 e. The van der Waals surface area contributed by atoms with Gasteiger partial charge < -0.3 is 9.73 Å². The number of hydrogen-bond acceptors (Lipinski definition) is 4.